The van der Waals surface area contributed by atoms with Crippen LogP contribution in [0.1, 0.15) is 39.1 Å². The van der Waals surface area contributed by atoms with Crippen LogP contribution in [0.5, 0.6) is 0 Å². The first-order valence-corrected chi connectivity index (χ1v) is 7.50. The highest BCUT2D eigenvalue weighted by atomic mass is 127. The van der Waals surface area contributed by atoms with Crippen molar-refractivity contribution in [2.75, 3.05) is 19.7 Å². The molecular formula is C14H24F2IN5O. The lowest BCUT2D eigenvalue weighted by Gasteiger charge is -2.24. The standard InChI is InChI=1S/C14H23F2N5O.HI/c1-3-17-13(20-10-14(2)5-4-8-22-14)19-9-11-18-6-7-21(11)12(15)16;/h6-7,12H,3-5,8-10H2,1-2H3,(H2,17,19,20);1H. The van der Waals surface area contributed by atoms with Gasteiger partial charge in [-0.3, -0.25) is 4.57 Å². The van der Waals surface area contributed by atoms with Crippen molar-refractivity contribution in [3.05, 3.63) is 18.2 Å². The molecule has 1 aliphatic heterocycles. The lowest BCUT2D eigenvalue weighted by atomic mass is 10.0. The van der Waals surface area contributed by atoms with Crippen LogP contribution in [0.25, 0.3) is 0 Å². The fourth-order valence-electron chi connectivity index (χ4n) is 2.38. The van der Waals surface area contributed by atoms with E-state index < -0.39 is 6.55 Å². The number of nitrogens with zero attached hydrogens (tertiary/aromatic N) is 3. The molecule has 0 amide bonds. The van der Waals surface area contributed by atoms with Gasteiger partial charge in [0.25, 0.3) is 0 Å². The minimum Gasteiger partial charge on any atom is -0.373 e. The average Bonchev–Trinajstić information content (AvgIpc) is 3.11. The summed E-state index contributed by atoms with van der Waals surface area (Å²) < 4.78 is 32.0. The van der Waals surface area contributed by atoms with Gasteiger partial charge >= 0.3 is 6.55 Å². The first-order chi connectivity index (χ1) is 10.5. The van der Waals surface area contributed by atoms with E-state index >= 15 is 0 Å². The fourth-order valence-corrected chi connectivity index (χ4v) is 2.38. The number of aliphatic imine (C=N–C) groups is 1. The molecule has 23 heavy (non-hydrogen) atoms. The molecule has 0 spiro atoms. The Morgan fingerprint density at radius 1 is 1.52 bits per heavy atom. The van der Waals surface area contributed by atoms with Crippen LogP contribution < -0.4 is 10.6 Å². The summed E-state index contributed by atoms with van der Waals surface area (Å²) in [6, 6.07) is 0. The Balaban J connectivity index is 0.00000264. The van der Waals surface area contributed by atoms with Crippen molar-refractivity contribution in [3.63, 3.8) is 0 Å². The SMILES string of the molecule is CCNC(=NCc1nccn1C(F)F)NCC1(C)CCCO1.I. The molecule has 0 aliphatic carbocycles. The molecular weight excluding hydrogens is 419 g/mol. The normalized spacial score (nSPS) is 21.3. The third-order valence-corrected chi connectivity index (χ3v) is 3.61. The van der Waals surface area contributed by atoms with E-state index in [-0.39, 0.29) is 41.9 Å². The molecule has 6 nitrogen and oxygen atoms in total. The molecule has 0 aromatic carbocycles. The van der Waals surface area contributed by atoms with E-state index in [2.05, 4.69) is 27.5 Å². The third-order valence-electron chi connectivity index (χ3n) is 3.61. The van der Waals surface area contributed by atoms with Crippen molar-refractivity contribution in [2.45, 2.75) is 45.4 Å². The van der Waals surface area contributed by atoms with Gasteiger partial charge in [0.15, 0.2) is 5.96 Å². The zero-order valence-corrected chi connectivity index (χ0v) is 15.7. The molecule has 9 heteroatoms. The second kappa shape index (κ2) is 9.36. The van der Waals surface area contributed by atoms with Crippen molar-refractivity contribution in [1.82, 2.24) is 20.2 Å². The summed E-state index contributed by atoms with van der Waals surface area (Å²) in [4.78, 5) is 8.23. The molecule has 132 valence electrons. The van der Waals surface area contributed by atoms with Crippen molar-refractivity contribution in [3.8, 4) is 0 Å². The third kappa shape index (κ3) is 5.87. The summed E-state index contributed by atoms with van der Waals surface area (Å²) in [7, 11) is 0. The van der Waals surface area contributed by atoms with Crippen LogP contribution in [0.3, 0.4) is 0 Å². The van der Waals surface area contributed by atoms with Crippen LogP contribution in [0.2, 0.25) is 0 Å². The van der Waals surface area contributed by atoms with Crippen LogP contribution >= 0.6 is 24.0 Å². The monoisotopic (exact) mass is 443 g/mol. The Morgan fingerprint density at radius 2 is 2.30 bits per heavy atom. The summed E-state index contributed by atoms with van der Waals surface area (Å²) >= 11 is 0. The van der Waals surface area contributed by atoms with E-state index in [1.807, 2.05) is 6.92 Å². The summed E-state index contributed by atoms with van der Waals surface area (Å²) in [5, 5.41) is 6.30. The van der Waals surface area contributed by atoms with Crippen LogP contribution in [0, 0.1) is 0 Å². The van der Waals surface area contributed by atoms with E-state index in [0.29, 0.717) is 19.0 Å². The molecule has 2 rings (SSSR count). The van der Waals surface area contributed by atoms with Crippen molar-refractivity contribution < 1.29 is 13.5 Å². The van der Waals surface area contributed by atoms with E-state index in [9.17, 15) is 8.78 Å². The van der Waals surface area contributed by atoms with Gasteiger partial charge in [0.1, 0.15) is 12.4 Å². The molecule has 0 bridgehead atoms. The molecule has 1 saturated heterocycles. The molecule has 1 aromatic heterocycles. The molecule has 0 radical (unpaired) electrons. The number of rotatable bonds is 6. The van der Waals surface area contributed by atoms with Crippen LogP contribution in [-0.4, -0.2) is 40.8 Å². The van der Waals surface area contributed by atoms with Crippen molar-refractivity contribution in [2.24, 2.45) is 4.99 Å². The summed E-state index contributed by atoms with van der Waals surface area (Å²) in [5.74, 6) is 0.804. The number of aromatic nitrogens is 2. The van der Waals surface area contributed by atoms with Gasteiger partial charge in [-0.15, -0.1) is 24.0 Å². The molecule has 1 unspecified atom stereocenters. The van der Waals surface area contributed by atoms with Crippen LogP contribution in [-0.2, 0) is 11.3 Å². The maximum Gasteiger partial charge on any atom is 0.319 e. The van der Waals surface area contributed by atoms with Gasteiger partial charge in [-0.05, 0) is 26.7 Å². The van der Waals surface area contributed by atoms with Gasteiger partial charge in [0.2, 0.25) is 0 Å². The Hall–Kier alpha value is -0.970. The van der Waals surface area contributed by atoms with E-state index in [0.717, 1.165) is 24.0 Å². The van der Waals surface area contributed by atoms with Gasteiger partial charge < -0.3 is 15.4 Å². The number of imidazole rings is 1. The summed E-state index contributed by atoms with van der Waals surface area (Å²) in [6.07, 6.45) is 4.65. The molecule has 1 aliphatic rings. The Kier molecular flexibility index (Phi) is 8.17. The highest BCUT2D eigenvalue weighted by Gasteiger charge is 2.29. The number of hydrogen-bond acceptors (Lipinski definition) is 3. The Labute approximate surface area is 152 Å². The number of ether oxygens (including phenoxy) is 1. The van der Waals surface area contributed by atoms with Gasteiger partial charge in [-0.25, -0.2) is 9.98 Å². The van der Waals surface area contributed by atoms with Gasteiger partial charge in [-0.2, -0.15) is 8.78 Å². The van der Waals surface area contributed by atoms with E-state index in [4.69, 9.17) is 4.74 Å². The number of halogens is 3. The number of guanidine groups is 1. The Bertz CT molecular complexity index is 503. The number of hydrogen-bond donors (Lipinski definition) is 2. The van der Waals surface area contributed by atoms with Crippen molar-refractivity contribution in [1.29, 1.82) is 0 Å². The first-order valence-electron chi connectivity index (χ1n) is 7.50. The second-order valence-corrected chi connectivity index (χ2v) is 5.48. The minimum absolute atomic E-state index is 0. The molecule has 1 aromatic rings. The Morgan fingerprint density at radius 3 is 2.91 bits per heavy atom. The lowest BCUT2D eigenvalue weighted by Crippen LogP contribution is -2.45. The highest BCUT2D eigenvalue weighted by Crippen LogP contribution is 2.23. The van der Waals surface area contributed by atoms with E-state index in [1.165, 1.54) is 12.4 Å². The molecule has 1 fully saturated rings. The number of alkyl halides is 2. The average molecular weight is 443 g/mol. The summed E-state index contributed by atoms with van der Waals surface area (Å²) in [5.41, 5.74) is -0.197. The quantitative estimate of drug-likeness (QED) is 0.403. The lowest BCUT2D eigenvalue weighted by molar-refractivity contribution is 0.0243. The second-order valence-electron chi connectivity index (χ2n) is 5.48. The molecule has 2 N–H and O–H groups in total. The van der Waals surface area contributed by atoms with Gasteiger partial charge in [0, 0.05) is 32.1 Å². The predicted octanol–water partition coefficient (Wildman–Crippen LogP) is 2.52. The fraction of sp³-hybridized carbons (Fsp3) is 0.714. The van der Waals surface area contributed by atoms with Crippen LogP contribution in [0.15, 0.2) is 17.4 Å². The molecule has 2 heterocycles. The van der Waals surface area contributed by atoms with Crippen LogP contribution in [0.4, 0.5) is 8.78 Å². The van der Waals surface area contributed by atoms with Crippen molar-refractivity contribution >= 4 is 29.9 Å². The van der Waals surface area contributed by atoms with Gasteiger partial charge in [0.05, 0.1) is 5.60 Å². The topological polar surface area (TPSA) is 63.5 Å². The molecule has 1 atom stereocenters. The minimum atomic E-state index is -2.60. The highest BCUT2D eigenvalue weighted by molar-refractivity contribution is 14.0. The maximum atomic E-state index is 12.8. The smallest absolute Gasteiger partial charge is 0.319 e. The zero-order valence-electron chi connectivity index (χ0n) is 13.4. The van der Waals surface area contributed by atoms with Gasteiger partial charge in [-0.1, -0.05) is 0 Å². The van der Waals surface area contributed by atoms with E-state index in [1.54, 1.807) is 0 Å². The maximum absolute atomic E-state index is 12.8. The predicted molar refractivity (Wildman–Crippen MR) is 95.3 cm³/mol. The summed E-state index contributed by atoms with van der Waals surface area (Å²) in [6.45, 7) is 3.58. The largest absolute Gasteiger partial charge is 0.373 e. The first kappa shape index (κ1) is 20.1. The zero-order chi connectivity index (χ0) is 16.0. The molecule has 0 saturated carbocycles. The number of nitrogens with one attached hydrogen (secondary N) is 2.